The molecule has 17 heavy (non-hydrogen) atoms. The molecule has 1 aliphatic rings. The predicted octanol–water partition coefficient (Wildman–Crippen LogP) is 2.12. The standard InChI is InChI=1S/C13H15FO3/c1-9-2-3-11(14)13(6-9)17-8-12(15)10-4-5-16-7-10/h2-3,6,10H,4-5,7-8H2,1H3. The second-order valence-corrected chi connectivity index (χ2v) is 4.25. The summed E-state index contributed by atoms with van der Waals surface area (Å²) >= 11 is 0. The van der Waals surface area contributed by atoms with E-state index in [-0.39, 0.29) is 24.1 Å². The van der Waals surface area contributed by atoms with Gasteiger partial charge < -0.3 is 9.47 Å². The molecule has 2 rings (SSSR count). The fourth-order valence-electron chi connectivity index (χ4n) is 1.78. The van der Waals surface area contributed by atoms with Crippen LogP contribution in [0.15, 0.2) is 18.2 Å². The van der Waals surface area contributed by atoms with E-state index in [0.717, 1.165) is 12.0 Å². The molecule has 1 aromatic carbocycles. The summed E-state index contributed by atoms with van der Waals surface area (Å²) in [4.78, 5) is 11.7. The van der Waals surface area contributed by atoms with E-state index in [1.807, 2.05) is 6.92 Å². The monoisotopic (exact) mass is 238 g/mol. The minimum Gasteiger partial charge on any atom is -0.483 e. The Labute approximate surface area is 99.5 Å². The summed E-state index contributed by atoms with van der Waals surface area (Å²) in [5.41, 5.74) is 0.901. The maximum atomic E-state index is 13.3. The predicted molar refractivity (Wildman–Crippen MR) is 60.6 cm³/mol. The number of aryl methyl sites for hydroxylation is 1. The van der Waals surface area contributed by atoms with E-state index < -0.39 is 5.82 Å². The van der Waals surface area contributed by atoms with Gasteiger partial charge in [0.05, 0.1) is 6.61 Å². The number of hydrogen-bond donors (Lipinski definition) is 0. The second kappa shape index (κ2) is 5.27. The molecule has 1 aliphatic heterocycles. The van der Waals surface area contributed by atoms with Crippen molar-refractivity contribution in [1.29, 1.82) is 0 Å². The lowest BCUT2D eigenvalue weighted by atomic mass is 10.0. The molecule has 0 amide bonds. The van der Waals surface area contributed by atoms with Gasteiger partial charge in [0.15, 0.2) is 17.3 Å². The smallest absolute Gasteiger partial charge is 0.175 e. The lowest BCUT2D eigenvalue weighted by Gasteiger charge is -2.09. The minimum absolute atomic E-state index is 0.0246. The van der Waals surface area contributed by atoms with Gasteiger partial charge in [0.1, 0.15) is 6.61 Å². The Kier molecular flexibility index (Phi) is 3.74. The van der Waals surface area contributed by atoms with Gasteiger partial charge in [-0.1, -0.05) is 6.07 Å². The van der Waals surface area contributed by atoms with E-state index in [1.165, 1.54) is 6.07 Å². The number of Topliss-reactive ketones (excluding diaryl/α,β-unsaturated/α-hetero) is 1. The van der Waals surface area contributed by atoms with Crippen LogP contribution in [0.3, 0.4) is 0 Å². The molecule has 1 atom stereocenters. The van der Waals surface area contributed by atoms with E-state index in [1.54, 1.807) is 12.1 Å². The van der Waals surface area contributed by atoms with Crippen LogP contribution in [0.1, 0.15) is 12.0 Å². The topological polar surface area (TPSA) is 35.5 Å². The molecule has 0 aliphatic carbocycles. The molecule has 0 saturated carbocycles. The van der Waals surface area contributed by atoms with Crippen LogP contribution in [0, 0.1) is 18.7 Å². The average Bonchev–Trinajstić information content (AvgIpc) is 2.83. The quantitative estimate of drug-likeness (QED) is 0.806. The number of ketones is 1. The van der Waals surface area contributed by atoms with Crippen LogP contribution in [0.25, 0.3) is 0 Å². The van der Waals surface area contributed by atoms with Crippen molar-refractivity contribution < 1.29 is 18.7 Å². The van der Waals surface area contributed by atoms with Gasteiger partial charge in [-0.15, -0.1) is 0 Å². The maximum Gasteiger partial charge on any atom is 0.175 e. The number of halogens is 1. The highest BCUT2D eigenvalue weighted by Crippen LogP contribution is 2.19. The van der Waals surface area contributed by atoms with E-state index in [9.17, 15) is 9.18 Å². The largest absolute Gasteiger partial charge is 0.483 e. The van der Waals surface area contributed by atoms with Gasteiger partial charge in [-0.05, 0) is 31.0 Å². The molecule has 1 aromatic rings. The van der Waals surface area contributed by atoms with Gasteiger partial charge in [0.2, 0.25) is 0 Å². The first-order valence-electron chi connectivity index (χ1n) is 5.66. The number of rotatable bonds is 4. The summed E-state index contributed by atoms with van der Waals surface area (Å²) in [7, 11) is 0. The van der Waals surface area contributed by atoms with Crippen molar-refractivity contribution in [1.82, 2.24) is 0 Å². The molecule has 92 valence electrons. The van der Waals surface area contributed by atoms with Gasteiger partial charge in [-0.3, -0.25) is 4.79 Å². The number of carbonyl (C=O) groups excluding carboxylic acids is 1. The summed E-state index contributed by atoms with van der Waals surface area (Å²) in [5.74, 6) is -0.422. The van der Waals surface area contributed by atoms with Crippen LogP contribution in [0.5, 0.6) is 5.75 Å². The van der Waals surface area contributed by atoms with Gasteiger partial charge in [0, 0.05) is 12.5 Å². The third-order valence-electron chi connectivity index (χ3n) is 2.84. The molecule has 0 aromatic heterocycles. The molecule has 1 unspecified atom stereocenters. The SMILES string of the molecule is Cc1ccc(F)c(OCC(=O)C2CCOC2)c1. The molecule has 1 fully saturated rings. The number of hydrogen-bond acceptors (Lipinski definition) is 3. The summed E-state index contributed by atoms with van der Waals surface area (Å²) in [6.07, 6.45) is 0.735. The summed E-state index contributed by atoms with van der Waals surface area (Å²) in [5, 5.41) is 0. The normalized spacial score (nSPS) is 19.3. The number of carbonyl (C=O) groups is 1. The van der Waals surface area contributed by atoms with E-state index in [4.69, 9.17) is 9.47 Å². The maximum absolute atomic E-state index is 13.3. The third-order valence-corrected chi connectivity index (χ3v) is 2.84. The molecule has 1 heterocycles. The highest BCUT2D eigenvalue weighted by Gasteiger charge is 2.23. The van der Waals surface area contributed by atoms with Crippen LogP contribution < -0.4 is 4.74 Å². The van der Waals surface area contributed by atoms with Crippen LogP contribution in [0.2, 0.25) is 0 Å². The Morgan fingerprint density at radius 3 is 3.12 bits per heavy atom. The summed E-state index contributed by atoms with van der Waals surface area (Å²) in [6, 6.07) is 4.59. The van der Waals surface area contributed by atoms with E-state index in [2.05, 4.69) is 0 Å². The Morgan fingerprint density at radius 2 is 2.41 bits per heavy atom. The van der Waals surface area contributed by atoms with Gasteiger partial charge in [-0.2, -0.15) is 0 Å². The zero-order valence-electron chi connectivity index (χ0n) is 9.74. The van der Waals surface area contributed by atoms with Crippen LogP contribution in [-0.2, 0) is 9.53 Å². The lowest BCUT2D eigenvalue weighted by molar-refractivity contribution is -0.124. The Bertz CT molecular complexity index is 411. The van der Waals surface area contributed by atoms with E-state index in [0.29, 0.717) is 13.2 Å². The minimum atomic E-state index is -0.439. The van der Waals surface area contributed by atoms with Crippen molar-refractivity contribution in [3.63, 3.8) is 0 Å². The third kappa shape index (κ3) is 3.03. The molecule has 1 saturated heterocycles. The zero-order valence-corrected chi connectivity index (χ0v) is 9.74. The molecule has 4 heteroatoms. The molecule has 0 bridgehead atoms. The number of ether oxygens (including phenoxy) is 2. The fourth-order valence-corrected chi connectivity index (χ4v) is 1.78. The van der Waals surface area contributed by atoms with Crippen LogP contribution in [-0.4, -0.2) is 25.6 Å². The van der Waals surface area contributed by atoms with Crippen molar-refractivity contribution in [3.8, 4) is 5.75 Å². The highest BCUT2D eigenvalue weighted by molar-refractivity contribution is 5.82. The first-order valence-corrected chi connectivity index (χ1v) is 5.66. The Balaban J connectivity index is 1.92. The van der Waals surface area contributed by atoms with Crippen molar-refractivity contribution >= 4 is 5.78 Å². The van der Waals surface area contributed by atoms with E-state index >= 15 is 0 Å². The average molecular weight is 238 g/mol. The number of benzene rings is 1. The zero-order chi connectivity index (χ0) is 12.3. The van der Waals surface area contributed by atoms with Crippen molar-refractivity contribution in [2.45, 2.75) is 13.3 Å². The molecular formula is C13H15FO3. The van der Waals surface area contributed by atoms with Crippen LogP contribution >= 0.6 is 0 Å². The van der Waals surface area contributed by atoms with Gasteiger partial charge in [-0.25, -0.2) is 4.39 Å². The summed E-state index contributed by atoms with van der Waals surface area (Å²) in [6.45, 7) is 2.83. The van der Waals surface area contributed by atoms with Crippen LogP contribution in [0.4, 0.5) is 4.39 Å². The Morgan fingerprint density at radius 1 is 1.59 bits per heavy atom. The molecule has 0 N–H and O–H groups in total. The van der Waals surface area contributed by atoms with Crippen molar-refractivity contribution in [2.75, 3.05) is 19.8 Å². The highest BCUT2D eigenvalue weighted by atomic mass is 19.1. The second-order valence-electron chi connectivity index (χ2n) is 4.25. The van der Waals surface area contributed by atoms with Crippen molar-refractivity contribution in [2.24, 2.45) is 5.92 Å². The molecule has 0 spiro atoms. The van der Waals surface area contributed by atoms with Crippen molar-refractivity contribution in [3.05, 3.63) is 29.6 Å². The molecular weight excluding hydrogens is 223 g/mol. The molecule has 3 nitrogen and oxygen atoms in total. The lowest BCUT2D eigenvalue weighted by Crippen LogP contribution is -2.21. The fraction of sp³-hybridized carbons (Fsp3) is 0.462. The summed E-state index contributed by atoms with van der Waals surface area (Å²) < 4.78 is 23.7. The van der Waals surface area contributed by atoms with Gasteiger partial charge in [0.25, 0.3) is 0 Å². The Hall–Kier alpha value is -1.42. The van der Waals surface area contributed by atoms with Gasteiger partial charge >= 0.3 is 0 Å². The first-order chi connectivity index (χ1) is 8.16. The molecule has 0 radical (unpaired) electrons. The first kappa shape index (κ1) is 12.0.